The lowest BCUT2D eigenvalue weighted by Crippen LogP contribution is -2.34. The summed E-state index contributed by atoms with van der Waals surface area (Å²) in [7, 11) is 0. The van der Waals surface area contributed by atoms with Gasteiger partial charge in [0.1, 0.15) is 5.56 Å². The number of aryl methyl sites for hydroxylation is 1. The van der Waals surface area contributed by atoms with Gasteiger partial charge in [-0.3, -0.25) is 9.59 Å². The molecule has 1 heterocycles. The van der Waals surface area contributed by atoms with Crippen molar-refractivity contribution in [3.63, 3.8) is 0 Å². The molecule has 1 aromatic heterocycles. The average molecular weight is 220 g/mol. The van der Waals surface area contributed by atoms with E-state index < -0.39 is 0 Å². The van der Waals surface area contributed by atoms with Crippen molar-refractivity contribution in [2.45, 2.75) is 13.8 Å². The van der Waals surface area contributed by atoms with Gasteiger partial charge in [0.15, 0.2) is 5.43 Å². The Morgan fingerprint density at radius 2 is 2.31 bits per heavy atom. The Bertz CT molecular complexity index is 449. The number of hydrogen-bond donors (Lipinski definition) is 1. The van der Waals surface area contributed by atoms with Crippen molar-refractivity contribution in [3.8, 4) is 0 Å². The zero-order valence-corrected chi connectivity index (χ0v) is 9.62. The van der Waals surface area contributed by atoms with Crippen molar-refractivity contribution < 1.29 is 4.79 Å². The molecule has 0 saturated carbocycles. The molecule has 4 nitrogen and oxygen atoms in total. The van der Waals surface area contributed by atoms with Crippen molar-refractivity contribution in [1.29, 1.82) is 0 Å². The van der Waals surface area contributed by atoms with Crippen molar-refractivity contribution in [1.82, 2.24) is 9.88 Å². The molecule has 0 spiro atoms. The zero-order valence-electron chi connectivity index (χ0n) is 9.62. The van der Waals surface area contributed by atoms with E-state index in [0.29, 0.717) is 13.1 Å². The molecule has 1 N–H and O–H groups in total. The summed E-state index contributed by atoms with van der Waals surface area (Å²) in [6, 6.07) is 1.43. The summed E-state index contributed by atoms with van der Waals surface area (Å²) in [5.41, 5.74) is 0.673. The van der Waals surface area contributed by atoms with Gasteiger partial charge >= 0.3 is 0 Å². The molecule has 0 saturated heterocycles. The summed E-state index contributed by atoms with van der Waals surface area (Å²) in [5, 5.41) is 0. The summed E-state index contributed by atoms with van der Waals surface area (Å²) in [6.45, 7) is 8.22. The molecule has 0 aliphatic heterocycles. The highest BCUT2D eigenvalue weighted by molar-refractivity contribution is 5.93. The van der Waals surface area contributed by atoms with Gasteiger partial charge in [0.05, 0.1) is 0 Å². The molecule has 0 aliphatic carbocycles. The van der Waals surface area contributed by atoms with Gasteiger partial charge in [0.2, 0.25) is 0 Å². The molecule has 86 valence electrons. The standard InChI is InChI=1S/C12H16N2O2/c1-4-6-14(5-2)12(16)10-8-13-9(3)7-11(10)15/h4,7-8H,1,5-6H2,2-3H3,(H,13,15). The fourth-order valence-electron chi connectivity index (χ4n) is 1.42. The maximum Gasteiger partial charge on any atom is 0.259 e. The summed E-state index contributed by atoms with van der Waals surface area (Å²) >= 11 is 0. The van der Waals surface area contributed by atoms with Crippen LogP contribution in [0.4, 0.5) is 0 Å². The number of pyridine rings is 1. The van der Waals surface area contributed by atoms with Crippen LogP contribution in [0, 0.1) is 6.92 Å². The van der Waals surface area contributed by atoms with E-state index in [2.05, 4.69) is 11.6 Å². The number of aromatic nitrogens is 1. The first-order valence-corrected chi connectivity index (χ1v) is 5.19. The van der Waals surface area contributed by atoms with Gasteiger partial charge < -0.3 is 9.88 Å². The predicted octanol–water partition coefficient (Wildman–Crippen LogP) is 1.33. The van der Waals surface area contributed by atoms with Crippen LogP contribution in [-0.2, 0) is 0 Å². The first-order valence-electron chi connectivity index (χ1n) is 5.19. The fraction of sp³-hybridized carbons (Fsp3) is 0.333. The Labute approximate surface area is 94.6 Å². The number of likely N-dealkylation sites (N-methyl/N-ethyl adjacent to an activating group) is 1. The van der Waals surface area contributed by atoms with Crippen LogP contribution < -0.4 is 5.43 Å². The molecular formula is C12H16N2O2. The average Bonchev–Trinajstić information content (AvgIpc) is 2.25. The molecule has 4 heteroatoms. The zero-order chi connectivity index (χ0) is 12.1. The minimum atomic E-state index is -0.261. The number of carbonyl (C=O) groups excluding carboxylic acids is 1. The van der Waals surface area contributed by atoms with Crippen LogP contribution in [0.15, 0.2) is 29.7 Å². The van der Waals surface area contributed by atoms with E-state index in [4.69, 9.17) is 0 Å². The highest BCUT2D eigenvalue weighted by Gasteiger charge is 2.15. The Morgan fingerprint density at radius 3 is 2.81 bits per heavy atom. The quantitative estimate of drug-likeness (QED) is 0.778. The number of nitrogens with zero attached hydrogens (tertiary/aromatic N) is 1. The molecule has 0 fully saturated rings. The van der Waals surface area contributed by atoms with E-state index in [9.17, 15) is 9.59 Å². The topological polar surface area (TPSA) is 53.2 Å². The Morgan fingerprint density at radius 1 is 1.62 bits per heavy atom. The van der Waals surface area contributed by atoms with Crippen LogP contribution in [0.25, 0.3) is 0 Å². The first kappa shape index (κ1) is 12.2. The second-order valence-corrected chi connectivity index (χ2v) is 3.53. The SMILES string of the molecule is C=CCN(CC)C(=O)c1c[nH]c(C)cc1=O. The smallest absolute Gasteiger partial charge is 0.259 e. The normalized spacial score (nSPS) is 9.88. The monoisotopic (exact) mass is 220 g/mol. The first-order chi connectivity index (χ1) is 7.60. The van der Waals surface area contributed by atoms with Crippen LogP contribution in [0.2, 0.25) is 0 Å². The highest BCUT2D eigenvalue weighted by Crippen LogP contribution is 2.00. The molecule has 0 bridgehead atoms. The number of aromatic amines is 1. The van der Waals surface area contributed by atoms with Gasteiger partial charge in [-0.2, -0.15) is 0 Å². The molecule has 0 aliphatic rings. The second kappa shape index (κ2) is 5.30. The van der Waals surface area contributed by atoms with E-state index in [1.54, 1.807) is 17.9 Å². The van der Waals surface area contributed by atoms with Gasteiger partial charge in [0.25, 0.3) is 5.91 Å². The van der Waals surface area contributed by atoms with Crippen molar-refractivity contribution >= 4 is 5.91 Å². The van der Waals surface area contributed by atoms with Crippen LogP contribution >= 0.6 is 0 Å². The van der Waals surface area contributed by atoms with Crippen LogP contribution in [0.3, 0.4) is 0 Å². The van der Waals surface area contributed by atoms with E-state index in [1.807, 2.05) is 6.92 Å². The van der Waals surface area contributed by atoms with Crippen LogP contribution in [0.1, 0.15) is 23.0 Å². The van der Waals surface area contributed by atoms with Crippen molar-refractivity contribution in [2.75, 3.05) is 13.1 Å². The third kappa shape index (κ3) is 2.59. The van der Waals surface area contributed by atoms with Crippen LogP contribution in [0.5, 0.6) is 0 Å². The predicted molar refractivity (Wildman–Crippen MR) is 63.6 cm³/mol. The number of hydrogen-bond acceptors (Lipinski definition) is 2. The van der Waals surface area contributed by atoms with Gasteiger partial charge in [-0.1, -0.05) is 6.08 Å². The lowest BCUT2D eigenvalue weighted by atomic mass is 10.2. The third-order valence-electron chi connectivity index (χ3n) is 2.31. The minimum Gasteiger partial charge on any atom is -0.364 e. The molecule has 0 aromatic carbocycles. The van der Waals surface area contributed by atoms with E-state index in [-0.39, 0.29) is 16.9 Å². The number of nitrogens with one attached hydrogen (secondary N) is 1. The van der Waals surface area contributed by atoms with Crippen molar-refractivity contribution in [2.24, 2.45) is 0 Å². The molecule has 1 aromatic rings. The van der Waals surface area contributed by atoms with E-state index in [1.165, 1.54) is 12.3 Å². The van der Waals surface area contributed by atoms with Gasteiger partial charge in [0, 0.05) is 31.0 Å². The van der Waals surface area contributed by atoms with Crippen molar-refractivity contribution in [3.05, 3.63) is 46.4 Å². The second-order valence-electron chi connectivity index (χ2n) is 3.53. The Balaban J connectivity index is 3.03. The van der Waals surface area contributed by atoms with Gasteiger partial charge in [-0.25, -0.2) is 0 Å². The molecule has 1 rings (SSSR count). The molecule has 1 amide bonds. The highest BCUT2D eigenvalue weighted by atomic mass is 16.2. The van der Waals surface area contributed by atoms with Gasteiger partial charge in [-0.05, 0) is 13.8 Å². The molecule has 16 heavy (non-hydrogen) atoms. The largest absolute Gasteiger partial charge is 0.364 e. The maximum absolute atomic E-state index is 12.0. The van der Waals surface area contributed by atoms with E-state index in [0.717, 1.165) is 5.69 Å². The van der Waals surface area contributed by atoms with E-state index >= 15 is 0 Å². The third-order valence-corrected chi connectivity index (χ3v) is 2.31. The molecule has 0 unspecified atom stereocenters. The summed E-state index contributed by atoms with van der Waals surface area (Å²) in [4.78, 5) is 28.0. The summed E-state index contributed by atoms with van der Waals surface area (Å²) < 4.78 is 0. The lowest BCUT2D eigenvalue weighted by Gasteiger charge is -2.18. The Hall–Kier alpha value is -1.84. The number of H-pyrrole nitrogens is 1. The maximum atomic E-state index is 12.0. The number of carbonyl (C=O) groups is 1. The minimum absolute atomic E-state index is 0.175. The molecular weight excluding hydrogens is 204 g/mol. The van der Waals surface area contributed by atoms with Gasteiger partial charge in [-0.15, -0.1) is 6.58 Å². The molecule has 0 atom stereocenters. The number of amides is 1. The molecule has 0 radical (unpaired) electrons. The summed E-state index contributed by atoms with van der Waals surface area (Å²) in [5.74, 6) is -0.261. The number of rotatable bonds is 4. The summed E-state index contributed by atoms with van der Waals surface area (Å²) in [6.07, 6.45) is 3.11. The fourth-order valence-corrected chi connectivity index (χ4v) is 1.42. The Kier molecular flexibility index (Phi) is 4.05. The lowest BCUT2D eigenvalue weighted by molar-refractivity contribution is 0.0780. The van der Waals surface area contributed by atoms with Crippen LogP contribution in [-0.4, -0.2) is 28.9 Å².